The van der Waals surface area contributed by atoms with Crippen molar-refractivity contribution in [3.63, 3.8) is 0 Å². The highest BCUT2D eigenvalue weighted by atomic mass is 79.9. The highest BCUT2D eigenvalue weighted by Crippen LogP contribution is 2.18. The summed E-state index contributed by atoms with van der Waals surface area (Å²) in [6, 6.07) is 5.98. The molecule has 0 saturated heterocycles. The van der Waals surface area contributed by atoms with E-state index in [4.69, 9.17) is 0 Å². The number of fused-ring (bicyclic) bond motifs is 1. The summed E-state index contributed by atoms with van der Waals surface area (Å²) in [4.78, 5) is 8.65. The highest BCUT2D eigenvalue weighted by molar-refractivity contribution is 9.10. The summed E-state index contributed by atoms with van der Waals surface area (Å²) in [6.45, 7) is 3.02. The number of nitrogens with one attached hydrogen (secondary N) is 1. The predicted octanol–water partition coefficient (Wildman–Crippen LogP) is 3.21. The predicted molar refractivity (Wildman–Crippen MR) is 66.0 cm³/mol. The number of nitrogens with zero attached hydrogens (tertiary/aromatic N) is 2. The van der Waals surface area contributed by atoms with Gasteiger partial charge in [-0.2, -0.15) is 0 Å². The van der Waals surface area contributed by atoms with Crippen LogP contribution in [-0.4, -0.2) is 16.5 Å². The van der Waals surface area contributed by atoms with E-state index in [0.29, 0.717) is 5.95 Å². The lowest BCUT2D eigenvalue weighted by Crippen LogP contribution is -2.03. The summed E-state index contributed by atoms with van der Waals surface area (Å²) >= 11 is 3.42. The minimum Gasteiger partial charge on any atom is -0.354 e. The molecule has 2 rings (SSSR count). The van der Waals surface area contributed by atoms with Gasteiger partial charge in [0, 0.05) is 22.6 Å². The van der Waals surface area contributed by atoms with Crippen LogP contribution in [0.25, 0.3) is 10.9 Å². The van der Waals surface area contributed by atoms with Crippen LogP contribution in [0.2, 0.25) is 0 Å². The largest absolute Gasteiger partial charge is 0.354 e. The molecule has 0 aliphatic heterocycles. The monoisotopic (exact) mass is 265 g/mol. The van der Waals surface area contributed by atoms with Crippen molar-refractivity contribution in [3.8, 4) is 0 Å². The molecule has 78 valence electrons. The fourth-order valence-electron chi connectivity index (χ4n) is 1.33. The van der Waals surface area contributed by atoms with E-state index in [9.17, 15) is 0 Å². The number of hydrogen-bond acceptors (Lipinski definition) is 3. The van der Waals surface area contributed by atoms with Gasteiger partial charge in [-0.25, -0.2) is 9.97 Å². The van der Waals surface area contributed by atoms with Crippen molar-refractivity contribution in [2.45, 2.75) is 13.3 Å². The van der Waals surface area contributed by atoms with Crippen molar-refractivity contribution in [2.24, 2.45) is 0 Å². The molecule has 1 aromatic heterocycles. The summed E-state index contributed by atoms with van der Waals surface area (Å²) in [5.41, 5.74) is 0.965. The van der Waals surface area contributed by atoms with Crippen LogP contribution in [0.4, 0.5) is 5.95 Å². The van der Waals surface area contributed by atoms with Crippen molar-refractivity contribution in [2.75, 3.05) is 11.9 Å². The standard InChI is InChI=1S/C11H12BrN3/c1-2-5-13-11-14-7-8-6-9(12)3-4-10(8)15-11/h3-4,6-7H,2,5H2,1H3,(H,13,14,15). The topological polar surface area (TPSA) is 37.8 Å². The highest BCUT2D eigenvalue weighted by Gasteiger charge is 1.99. The lowest BCUT2D eigenvalue weighted by Gasteiger charge is -2.03. The van der Waals surface area contributed by atoms with Crippen LogP contribution < -0.4 is 5.32 Å². The maximum atomic E-state index is 4.41. The van der Waals surface area contributed by atoms with Gasteiger partial charge in [-0.3, -0.25) is 0 Å². The molecule has 0 atom stereocenters. The lowest BCUT2D eigenvalue weighted by atomic mass is 10.2. The zero-order chi connectivity index (χ0) is 10.7. The molecule has 1 N–H and O–H groups in total. The quantitative estimate of drug-likeness (QED) is 0.926. The van der Waals surface area contributed by atoms with Gasteiger partial charge in [-0.1, -0.05) is 22.9 Å². The summed E-state index contributed by atoms with van der Waals surface area (Å²) in [5.74, 6) is 0.701. The zero-order valence-corrected chi connectivity index (χ0v) is 10.1. The van der Waals surface area contributed by atoms with Crippen molar-refractivity contribution >= 4 is 32.8 Å². The van der Waals surface area contributed by atoms with Gasteiger partial charge < -0.3 is 5.32 Å². The second kappa shape index (κ2) is 4.57. The molecular weight excluding hydrogens is 254 g/mol. The number of rotatable bonds is 3. The molecule has 0 radical (unpaired) electrons. The second-order valence-electron chi connectivity index (χ2n) is 3.32. The fraction of sp³-hybridized carbons (Fsp3) is 0.273. The van der Waals surface area contributed by atoms with Gasteiger partial charge in [0.05, 0.1) is 5.52 Å². The van der Waals surface area contributed by atoms with E-state index in [-0.39, 0.29) is 0 Å². The first-order chi connectivity index (χ1) is 7.29. The summed E-state index contributed by atoms with van der Waals surface area (Å²) in [5, 5.41) is 4.21. The Hall–Kier alpha value is -1.16. The van der Waals surface area contributed by atoms with E-state index in [1.54, 1.807) is 0 Å². The number of halogens is 1. The molecule has 0 unspecified atom stereocenters. The van der Waals surface area contributed by atoms with E-state index in [2.05, 4.69) is 38.1 Å². The van der Waals surface area contributed by atoms with E-state index < -0.39 is 0 Å². The van der Waals surface area contributed by atoms with E-state index >= 15 is 0 Å². The summed E-state index contributed by atoms with van der Waals surface area (Å²) < 4.78 is 1.05. The molecule has 0 aliphatic rings. The molecule has 0 saturated carbocycles. The number of aromatic nitrogens is 2. The Labute approximate surface area is 97.1 Å². The van der Waals surface area contributed by atoms with Crippen LogP contribution in [0.1, 0.15) is 13.3 Å². The Morgan fingerprint density at radius 3 is 3.07 bits per heavy atom. The minimum atomic E-state index is 0.701. The van der Waals surface area contributed by atoms with Crippen molar-refractivity contribution < 1.29 is 0 Å². The normalized spacial score (nSPS) is 10.5. The van der Waals surface area contributed by atoms with Crippen molar-refractivity contribution in [1.82, 2.24) is 9.97 Å². The molecule has 0 fully saturated rings. The minimum absolute atomic E-state index is 0.701. The van der Waals surface area contributed by atoms with Crippen LogP contribution in [0.5, 0.6) is 0 Å². The molecule has 3 nitrogen and oxygen atoms in total. The van der Waals surface area contributed by atoms with Gasteiger partial charge in [0.25, 0.3) is 0 Å². The van der Waals surface area contributed by atoms with Gasteiger partial charge in [0.1, 0.15) is 0 Å². The average Bonchev–Trinajstić information content (AvgIpc) is 2.26. The maximum Gasteiger partial charge on any atom is 0.223 e. The maximum absolute atomic E-state index is 4.41. The third-order valence-electron chi connectivity index (χ3n) is 2.07. The number of hydrogen-bond donors (Lipinski definition) is 1. The van der Waals surface area contributed by atoms with Gasteiger partial charge in [0.2, 0.25) is 5.95 Å². The summed E-state index contributed by atoms with van der Waals surface area (Å²) in [7, 11) is 0. The molecular formula is C11H12BrN3. The first-order valence-electron chi connectivity index (χ1n) is 4.96. The number of benzene rings is 1. The van der Waals surface area contributed by atoms with Gasteiger partial charge in [-0.05, 0) is 24.6 Å². The molecule has 0 bridgehead atoms. The van der Waals surface area contributed by atoms with E-state index in [1.807, 2.05) is 24.4 Å². The summed E-state index contributed by atoms with van der Waals surface area (Å²) in [6.07, 6.45) is 2.91. The van der Waals surface area contributed by atoms with E-state index in [1.165, 1.54) is 0 Å². The molecule has 0 aliphatic carbocycles. The van der Waals surface area contributed by atoms with Crippen LogP contribution >= 0.6 is 15.9 Å². The van der Waals surface area contributed by atoms with Crippen LogP contribution in [0.3, 0.4) is 0 Å². The average molecular weight is 266 g/mol. The first-order valence-corrected chi connectivity index (χ1v) is 5.75. The third-order valence-corrected chi connectivity index (χ3v) is 2.57. The Balaban J connectivity index is 2.34. The fourth-order valence-corrected chi connectivity index (χ4v) is 1.71. The number of anilines is 1. The zero-order valence-electron chi connectivity index (χ0n) is 8.50. The Kier molecular flexibility index (Phi) is 3.16. The SMILES string of the molecule is CCCNc1ncc2cc(Br)ccc2n1. The molecule has 2 aromatic rings. The van der Waals surface area contributed by atoms with Gasteiger partial charge in [-0.15, -0.1) is 0 Å². The first kappa shape index (κ1) is 10.4. The van der Waals surface area contributed by atoms with Gasteiger partial charge >= 0.3 is 0 Å². The molecule has 0 spiro atoms. The molecule has 1 aromatic carbocycles. The van der Waals surface area contributed by atoms with Crippen LogP contribution in [0.15, 0.2) is 28.9 Å². The van der Waals surface area contributed by atoms with Crippen molar-refractivity contribution in [1.29, 1.82) is 0 Å². The second-order valence-corrected chi connectivity index (χ2v) is 4.24. The smallest absolute Gasteiger partial charge is 0.223 e. The lowest BCUT2D eigenvalue weighted by molar-refractivity contribution is 0.957. The molecule has 4 heteroatoms. The molecule has 0 amide bonds. The van der Waals surface area contributed by atoms with Crippen molar-refractivity contribution in [3.05, 3.63) is 28.9 Å². The molecule has 1 heterocycles. The van der Waals surface area contributed by atoms with E-state index in [0.717, 1.165) is 28.3 Å². The van der Waals surface area contributed by atoms with Gasteiger partial charge in [0.15, 0.2) is 0 Å². The molecule has 15 heavy (non-hydrogen) atoms. The van der Waals surface area contributed by atoms with Crippen LogP contribution in [0, 0.1) is 0 Å². The Morgan fingerprint density at radius 2 is 2.27 bits per heavy atom. The third kappa shape index (κ3) is 2.45. The van der Waals surface area contributed by atoms with Crippen LogP contribution in [-0.2, 0) is 0 Å². The Bertz CT molecular complexity index is 470. The Morgan fingerprint density at radius 1 is 1.40 bits per heavy atom.